The molecule has 2 heterocycles. The van der Waals surface area contributed by atoms with Crippen molar-refractivity contribution in [1.82, 2.24) is 19.9 Å². The second-order valence-electron chi connectivity index (χ2n) is 5.43. The first-order chi connectivity index (χ1) is 12.4. The monoisotopic (exact) mass is 410 g/mol. The normalized spacial score (nSPS) is 10.9. The molecule has 0 unspecified atom stereocenters. The Labute approximate surface area is 163 Å². The summed E-state index contributed by atoms with van der Waals surface area (Å²) in [5.74, 6) is -0.0769. The highest BCUT2D eigenvalue weighted by Gasteiger charge is 2.22. The molecule has 0 atom stereocenters. The van der Waals surface area contributed by atoms with Crippen LogP contribution >= 0.6 is 34.8 Å². The summed E-state index contributed by atoms with van der Waals surface area (Å²) < 4.78 is 0. The van der Waals surface area contributed by atoms with Gasteiger partial charge in [0.2, 0.25) is 0 Å². The van der Waals surface area contributed by atoms with Gasteiger partial charge in [-0.1, -0.05) is 46.9 Å². The van der Waals surface area contributed by atoms with Gasteiger partial charge in [-0.15, -0.1) is 0 Å². The van der Waals surface area contributed by atoms with E-state index in [1.165, 1.54) is 11.1 Å². The fourth-order valence-electron chi connectivity index (χ4n) is 2.46. The van der Waals surface area contributed by atoms with Crippen molar-refractivity contribution in [3.63, 3.8) is 0 Å². The molecule has 1 amide bonds. The molecule has 0 saturated heterocycles. The summed E-state index contributed by atoms with van der Waals surface area (Å²) in [5, 5.41) is 0.708. The van der Waals surface area contributed by atoms with Crippen LogP contribution < -0.4 is 5.56 Å². The summed E-state index contributed by atoms with van der Waals surface area (Å²) in [5.41, 5.74) is 0.284. The standard InChI is InChI=1S/C17H13Cl3N4O2/c1-2-24(17(26)15-14(20)13(19)10(18)7-21-15)8-12-22-11-6-4-3-5-9(11)16(25)23-12/h3-7H,2,8H2,1H3,(H,22,23,25). The van der Waals surface area contributed by atoms with Crippen molar-refractivity contribution >= 4 is 51.6 Å². The molecule has 6 nitrogen and oxygen atoms in total. The number of aromatic nitrogens is 3. The zero-order valence-corrected chi connectivity index (χ0v) is 15.9. The number of hydrogen-bond donors (Lipinski definition) is 1. The third-order valence-corrected chi connectivity index (χ3v) is 5.03. The lowest BCUT2D eigenvalue weighted by atomic mass is 10.2. The number of halogens is 3. The van der Waals surface area contributed by atoms with E-state index >= 15 is 0 Å². The predicted molar refractivity (Wildman–Crippen MR) is 102 cm³/mol. The lowest BCUT2D eigenvalue weighted by molar-refractivity contribution is 0.0742. The van der Waals surface area contributed by atoms with E-state index in [9.17, 15) is 9.59 Å². The Hall–Kier alpha value is -2.15. The number of amides is 1. The van der Waals surface area contributed by atoms with E-state index in [0.717, 1.165) is 0 Å². The number of para-hydroxylation sites is 1. The Kier molecular flexibility index (Phi) is 5.46. The average molecular weight is 412 g/mol. The molecule has 3 rings (SSSR count). The molecule has 0 aliphatic carbocycles. The third-order valence-electron chi connectivity index (χ3n) is 3.79. The number of H-pyrrole nitrogens is 1. The van der Waals surface area contributed by atoms with Crippen LogP contribution in [0.25, 0.3) is 10.9 Å². The first-order valence-electron chi connectivity index (χ1n) is 7.69. The molecule has 0 saturated carbocycles. The van der Waals surface area contributed by atoms with Crippen LogP contribution in [0.5, 0.6) is 0 Å². The van der Waals surface area contributed by atoms with Crippen molar-refractivity contribution in [2.24, 2.45) is 0 Å². The van der Waals surface area contributed by atoms with Crippen LogP contribution in [0.2, 0.25) is 15.1 Å². The van der Waals surface area contributed by atoms with Crippen LogP contribution in [0.1, 0.15) is 23.2 Å². The summed E-state index contributed by atoms with van der Waals surface area (Å²) >= 11 is 17.9. The number of nitrogens with zero attached hydrogens (tertiary/aromatic N) is 3. The number of pyridine rings is 1. The van der Waals surface area contributed by atoms with Crippen LogP contribution in [0.3, 0.4) is 0 Å². The Balaban J connectivity index is 1.94. The lowest BCUT2D eigenvalue weighted by Gasteiger charge is -2.20. The first-order valence-corrected chi connectivity index (χ1v) is 8.82. The fraction of sp³-hybridized carbons (Fsp3) is 0.176. The lowest BCUT2D eigenvalue weighted by Crippen LogP contribution is -2.32. The molecule has 1 aromatic carbocycles. The van der Waals surface area contributed by atoms with Gasteiger partial charge >= 0.3 is 0 Å². The van der Waals surface area contributed by atoms with Gasteiger partial charge in [-0.05, 0) is 19.1 Å². The van der Waals surface area contributed by atoms with E-state index < -0.39 is 5.91 Å². The molecular formula is C17H13Cl3N4O2. The maximum absolute atomic E-state index is 12.8. The molecule has 134 valence electrons. The largest absolute Gasteiger partial charge is 0.330 e. The van der Waals surface area contributed by atoms with E-state index in [0.29, 0.717) is 23.3 Å². The van der Waals surface area contributed by atoms with E-state index in [2.05, 4.69) is 15.0 Å². The van der Waals surface area contributed by atoms with E-state index in [4.69, 9.17) is 34.8 Å². The Morgan fingerprint density at radius 2 is 1.92 bits per heavy atom. The molecule has 0 spiro atoms. The van der Waals surface area contributed by atoms with Crippen molar-refractivity contribution in [3.05, 3.63) is 67.4 Å². The van der Waals surface area contributed by atoms with Crippen molar-refractivity contribution < 1.29 is 4.79 Å². The average Bonchev–Trinajstić information content (AvgIpc) is 2.64. The van der Waals surface area contributed by atoms with Crippen LogP contribution in [0.4, 0.5) is 0 Å². The van der Waals surface area contributed by atoms with Gasteiger partial charge in [0, 0.05) is 12.7 Å². The number of carbonyl (C=O) groups is 1. The van der Waals surface area contributed by atoms with Crippen molar-refractivity contribution in [2.45, 2.75) is 13.5 Å². The summed E-state index contributed by atoms with van der Waals surface area (Å²) in [6.07, 6.45) is 1.27. The number of benzene rings is 1. The number of hydrogen-bond acceptors (Lipinski definition) is 4. The maximum Gasteiger partial charge on any atom is 0.274 e. The van der Waals surface area contributed by atoms with Crippen LogP contribution in [-0.2, 0) is 6.54 Å². The SMILES string of the molecule is CCN(Cc1nc2ccccc2c(=O)[nH]1)C(=O)c1ncc(Cl)c(Cl)c1Cl. The molecule has 0 aliphatic rings. The van der Waals surface area contributed by atoms with Gasteiger partial charge in [-0.3, -0.25) is 9.59 Å². The Morgan fingerprint density at radius 1 is 1.19 bits per heavy atom. The van der Waals surface area contributed by atoms with E-state index in [-0.39, 0.29) is 32.9 Å². The highest BCUT2D eigenvalue weighted by atomic mass is 35.5. The topological polar surface area (TPSA) is 79.0 Å². The Bertz CT molecular complexity index is 1050. The Morgan fingerprint density at radius 3 is 2.65 bits per heavy atom. The number of aromatic amines is 1. The number of nitrogens with one attached hydrogen (secondary N) is 1. The van der Waals surface area contributed by atoms with Gasteiger partial charge in [0.25, 0.3) is 11.5 Å². The highest BCUT2D eigenvalue weighted by Crippen LogP contribution is 2.31. The minimum Gasteiger partial charge on any atom is -0.330 e. The van der Waals surface area contributed by atoms with Crippen LogP contribution in [0.15, 0.2) is 35.3 Å². The zero-order chi connectivity index (χ0) is 18.8. The van der Waals surface area contributed by atoms with Crippen molar-refractivity contribution in [3.8, 4) is 0 Å². The molecule has 0 fully saturated rings. The molecule has 0 radical (unpaired) electrons. The first kappa shape index (κ1) is 18.6. The molecule has 1 N–H and O–H groups in total. The zero-order valence-electron chi connectivity index (χ0n) is 13.6. The van der Waals surface area contributed by atoms with Crippen molar-refractivity contribution in [2.75, 3.05) is 6.54 Å². The summed E-state index contributed by atoms with van der Waals surface area (Å²) in [6.45, 7) is 2.24. The molecule has 9 heteroatoms. The van der Waals surface area contributed by atoms with Crippen LogP contribution in [-0.4, -0.2) is 32.3 Å². The molecule has 2 aromatic heterocycles. The third kappa shape index (κ3) is 3.53. The molecule has 0 aliphatic heterocycles. The predicted octanol–water partition coefficient (Wildman–Crippen LogP) is 3.94. The van der Waals surface area contributed by atoms with E-state index in [1.54, 1.807) is 31.2 Å². The van der Waals surface area contributed by atoms with Gasteiger partial charge in [0.15, 0.2) is 0 Å². The van der Waals surface area contributed by atoms with Gasteiger partial charge in [0.1, 0.15) is 11.5 Å². The molecular weight excluding hydrogens is 399 g/mol. The quantitative estimate of drug-likeness (QED) is 0.705. The van der Waals surface area contributed by atoms with Gasteiger partial charge in [-0.25, -0.2) is 9.97 Å². The second kappa shape index (κ2) is 7.61. The summed E-state index contributed by atoms with van der Waals surface area (Å²) in [4.78, 5) is 37.5. The minimum absolute atomic E-state index is 0.00828. The molecule has 3 aromatic rings. The van der Waals surface area contributed by atoms with Crippen LogP contribution in [0, 0.1) is 0 Å². The number of carbonyl (C=O) groups excluding carboxylic acids is 1. The summed E-state index contributed by atoms with van der Waals surface area (Å²) in [6, 6.07) is 6.98. The smallest absolute Gasteiger partial charge is 0.274 e. The minimum atomic E-state index is -0.438. The van der Waals surface area contributed by atoms with Gasteiger partial charge < -0.3 is 9.88 Å². The summed E-state index contributed by atoms with van der Waals surface area (Å²) in [7, 11) is 0. The molecule has 0 bridgehead atoms. The van der Waals surface area contributed by atoms with E-state index in [1.807, 2.05) is 0 Å². The second-order valence-corrected chi connectivity index (χ2v) is 6.59. The number of rotatable bonds is 4. The maximum atomic E-state index is 12.8. The van der Waals surface area contributed by atoms with Gasteiger partial charge in [0.05, 0.1) is 32.5 Å². The highest BCUT2D eigenvalue weighted by molar-refractivity contribution is 6.48. The molecule has 26 heavy (non-hydrogen) atoms. The fourth-order valence-corrected chi connectivity index (χ4v) is 3.02. The van der Waals surface area contributed by atoms with Crippen molar-refractivity contribution in [1.29, 1.82) is 0 Å². The number of fused-ring (bicyclic) bond motifs is 1. The van der Waals surface area contributed by atoms with Gasteiger partial charge in [-0.2, -0.15) is 0 Å².